The number of ether oxygens (including phenoxy) is 1. The van der Waals surface area contributed by atoms with E-state index >= 15 is 0 Å². The molecular weight excluding hydrogens is 180 g/mol. The molecule has 4 nitrogen and oxygen atoms in total. The molecule has 0 aromatic carbocycles. The second-order valence-corrected chi connectivity index (χ2v) is 3.69. The smallest absolute Gasteiger partial charge is 0.427 e. The zero-order chi connectivity index (χ0) is 10.4. The first kappa shape index (κ1) is 11.0. The molecule has 0 aromatic heterocycles. The summed E-state index contributed by atoms with van der Waals surface area (Å²) >= 11 is 0. The summed E-state index contributed by atoms with van der Waals surface area (Å²) in [6.45, 7) is 4.40. The van der Waals surface area contributed by atoms with Crippen molar-refractivity contribution in [1.29, 1.82) is 0 Å². The van der Waals surface area contributed by atoms with Crippen LogP contribution in [0.3, 0.4) is 0 Å². The van der Waals surface area contributed by atoms with Crippen molar-refractivity contribution in [2.24, 2.45) is 11.0 Å². The molecule has 1 N–H and O–H groups in total. The van der Waals surface area contributed by atoms with E-state index < -0.39 is 6.09 Å². The third-order valence-corrected chi connectivity index (χ3v) is 2.43. The SMILES string of the molecule is CCOC(=O)NN=C1CCC(C)CC1. The van der Waals surface area contributed by atoms with Gasteiger partial charge in [0, 0.05) is 5.71 Å². The van der Waals surface area contributed by atoms with Gasteiger partial charge in [-0.25, -0.2) is 10.2 Å². The van der Waals surface area contributed by atoms with Crippen LogP contribution in [0.5, 0.6) is 0 Å². The van der Waals surface area contributed by atoms with Crippen LogP contribution in [0, 0.1) is 5.92 Å². The normalized spacial score (nSPS) is 21.6. The molecule has 0 radical (unpaired) electrons. The van der Waals surface area contributed by atoms with Gasteiger partial charge < -0.3 is 4.74 Å². The van der Waals surface area contributed by atoms with Crippen LogP contribution in [-0.4, -0.2) is 18.4 Å². The second kappa shape index (κ2) is 5.62. The molecule has 1 fully saturated rings. The molecule has 14 heavy (non-hydrogen) atoms. The Bertz CT molecular complexity index is 216. The van der Waals surface area contributed by atoms with Crippen molar-refractivity contribution in [2.75, 3.05) is 6.61 Å². The van der Waals surface area contributed by atoms with Crippen molar-refractivity contribution >= 4 is 11.8 Å². The Balaban J connectivity index is 2.27. The van der Waals surface area contributed by atoms with Gasteiger partial charge in [-0.3, -0.25) is 0 Å². The van der Waals surface area contributed by atoms with Crippen LogP contribution in [-0.2, 0) is 4.74 Å². The molecule has 0 spiro atoms. The number of hydrazone groups is 1. The van der Waals surface area contributed by atoms with Gasteiger partial charge in [0.25, 0.3) is 0 Å². The van der Waals surface area contributed by atoms with E-state index in [-0.39, 0.29) is 0 Å². The maximum atomic E-state index is 10.9. The molecule has 0 saturated heterocycles. The predicted molar refractivity (Wildman–Crippen MR) is 55.2 cm³/mol. The van der Waals surface area contributed by atoms with E-state index in [4.69, 9.17) is 4.74 Å². The lowest BCUT2D eigenvalue weighted by molar-refractivity contribution is 0.152. The van der Waals surface area contributed by atoms with Crippen molar-refractivity contribution in [1.82, 2.24) is 5.43 Å². The lowest BCUT2D eigenvalue weighted by Gasteiger charge is -2.18. The second-order valence-electron chi connectivity index (χ2n) is 3.69. The highest BCUT2D eigenvalue weighted by atomic mass is 16.5. The maximum absolute atomic E-state index is 10.9. The number of rotatable bonds is 2. The molecule has 0 heterocycles. The predicted octanol–water partition coefficient (Wildman–Crippen LogP) is 2.30. The van der Waals surface area contributed by atoms with E-state index in [0.717, 1.165) is 24.5 Å². The van der Waals surface area contributed by atoms with Crippen LogP contribution in [0.15, 0.2) is 5.10 Å². The summed E-state index contributed by atoms with van der Waals surface area (Å²) < 4.78 is 4.70. The Hall–Kier alpha value is -1.06. The Labute approximate surface area is 84.7 Å². The van der Waals surface area contributed by atoms with Gasteiger partial charge in [0.15, 0.2) is 0 Å². The number of nitrogens with zero attached hydrogens (tertiary/aromatic N) is 1. The minimum Gasteiger partial charge on any atom is -0.449 e. The van der Waals surface area contributed by atoms with Crippen LogP contribution >= 0.6 is 0 Å². The number of hydrogen-bond donors (Lipinski definition) is 1. The lowest BCUT2D eigenvalue weighted by Crippen LogP contribution is -2.22. The molecule has 0 atom stereocenters. The third kappa shape index (κ3) is 3.77. The molecule has 1 aliphatic carbocycles. The van der Waals surface area contributed by atoms with Gasteiger partial charge in [-0.2, -0.15) is 5.10 Å². The van der Waals surface area contributed by atoms with Crippen molar-refractivity contribution in [2.45, 2.75) is 39.5 Å². The minimum atomic E-state index is -0.460. The standard InChI is InChI=1S/C10H18N2O2/c1-3-14-10(13)12-11-9-6-4-8(2)5-7-9/h8H,3-7H2,1-2H3,(H,12,13). The van der Waals surface area contributed by atoms with E-state index in [9.17, 15) is 4.79 Å². The van der Waals surface area contributed by atoms with Crippen LogP contribution in [0.4, 0.5) is 4.79 Å². The van der Waals surface area contributed by atoms with Crippen molar-refractivity contribution in [3.05, 3.63) is 0 Å². The molecule has 4 heteroatoms. The molecule has 1 saturated carbocycles. The van der Waals surface area contributed by atoms with Crippen LogP contribution < -0.4 is 5.43 Å². The Morgan fingerprint density at radius 2 is 2.21 bits per heavy atom. The zero-order valence-electron chi connectivity index (χ0n) is 8.88. The Kier molecular flexibility index (Phi) is 4.43. The minimum absolute atomic E-state index is 0.383. The fourth-order valence-corrected chi connectivity index (χ4v) is 1.50. The average molecular weight is 198 g/mol. The molecule has 0 aliphatic heterocycles. The summed E-state index contributed by atoms with van der Waals surface area (Å²) in [4.78, 5) is 10.9. The highest BCUT2D eigenvalue weighted by Gasteiger charge is 2.13. The average Bonchev–Trinajstić information content (AvgIpc) is 2.17. The van der Waals surface area contributed by atoms with E-state index in [0.29, 0.717) is 6.61 Å². The molecule has 80 valence electrons. The first-order valence-electron chi connectivity index (χ1n) is 5.20. The first-order valence-corrected chi connectivity index (χ1v) is 5.20. The summed E-state index contributed by atoms with van der Waals surface area (Å²) in [5, 5.41) is 4.03. The summed E-state index contributed by atoms with van der Waals surface area (Å²) in [5.41, 5.74) is 3.47. The van der Waals surface area contributed by atoms with Gasteiger partial charge in [0.05, 0.1) is 6.61 Å². The summed E-state index contributed by atoms with van der Waals surface area (Å²) in [5.74, 6) is 0.788. The van der Waals surface area contributed by atoms with Crippen molar-refractivity contribution < 1.29 is 9.53 Å². The fourth-order valence-electron chi connectivity index (χ4n) is 1.50. The monoisotopic (exact) mass is 198 g/mol. The van der Waals surface area contributed by atoms with Gasteiger partial charge in [-0.05, 0) is 38.5 Å². The van der Waals surface area contributed by atoms with Crippen molar-refractivity contribution in [3.8, 4) is 0 Å². The van der Waals surface area contributed by atoms with Gasteiger partial charge >= 0.3 is 6.09 Å². The molecule has 0 aromatic rings. The van der Waals surface area contributed by atoms with Gasteiger partial charge in [-0.1, -0.05) is 6.92 Å². The van der Waals surface area contributed by atoms with Crippen LogP contribution in [0.2, 0.25) is 0 Å². The lowest BCUT2D eigenvalue weighted by atomic mass is 9.90. The van der Waals surface area contributed by atoms with E-state index in [1.807, 2.05) is 0 Å². The van der Waals surface area contributed by atoms with Gasteiger partial charge in [-0.15, -0.1) is 0 Å². The number of carbonyl (C=O) groups excluding carboxylic acids is 1. The Morgan fingerprint density at radius 1 is 1.57 bits per heavy atom. The van der Waals surface area contributed by atoms with E-state index in [1.165, 1.54) is 12.8 Å². The number of carbonyl (C=O) groups is 1. The molecule has 0 bridgehead atoms. The van der Waals surface area contributed by atoms with Gasteiger partial charge in [0.2, 0.25) is 0 Å². The van der Waals surface area contributed by atoms with Gasteiger partial charge in [0.1, 0.15) is 0 Å². The molecule has 1 rings (SSSR count). The number of nitrogens with one attached hydrogen (secondary N) is 1. The van der Waals surface area contributed by atoms with E-state index in [2.05, 4.69) is 17.5 Å². The first-order chi connectivity index (χ1) is 6.72. The summed E-state index contributed by atoms with van der Waals surface area (Å²) in [7, 11) is 0. The quantitative estimate of drug-likeness (QED) is 0.692. The molecule has 1 amide bonds. The largest absolute Gasteiger partial charge is 0.449 e. The third-order valence-electron chi connectivity index (χ3n) is 2.43. The number of hydrogen-bond acceptors (Lipinski definition) is 3. The molecular formula is C10H18N2O2. The molecule has 1 aliphatic rings. The highest BCUT2D eigenvalue weighted by Crippen LogP contribution is 2.20. The maximum Gasteiger partial charge on any atom is 0.427 e. The summed E-state index contributed by atoms with van der Waals surface area (Å²) in [6, 6.07) is 0. The number of amides is 1. The fraction of sp³-hybridized carbons (Fsp3) is 0.800. The van der Waals surface area contributed by atoms with Crippen LogP contribution in [0.1, 0.15) is 39.5 Å². The topological polar surface area (TPSA) is 50.7 Å². The summed E-state index contributed by atoms with van der Waals surface area (Å²) in [6.07, 6.45) is 3.87. The molecule has 0 unspecified atom stereocenters. The highest BCUT2D eigenvalue weighted by molar-refractivity contribution is 5.86. The Morgan fingerprint density at radius 3 is 2.79 bits per heavy atom. The van der Waals surface area contributed by atoms with E-state index in [1.54, 1.807) is 6.92 Å². The van der Waals surface area contributed by atoms with Crippen molar-refractivity contribution in [3.63, 3.8) is 0 Å². The zero-order valence-corrected chi connectivity index (χ0v) is 8.88. The van der Waals surface area contributed by atoms with Crippen LogP contribution in [0.25, 0.3) is 0 Å².